The van der Waals surface area contributed by atoms with E-state index in [4.69, 9.17) is 4.74 Å². The highest BCUT2D eigenvalue weighted by Crippen LogP contribution is 2.34. The third kappa shape index (κ3) is 2.88. The third-order valence-corrected chi connectivity index (χ3v) is 3.65. The molecule has 0 spiro atoms. The Labute approximate surface area is 111 Å². The molecule has 1 aromatic carbocycles. The lowest BCUT2D eigenvalue weighted by Crippen LogP contribution is -2.31. The third-order valence-electron chi connectivity index (χ3n) is 3.26. The van der Waals surface area contributed by atoms with Gasteiger partial charge in [-0.3, -0.25) is 0 Å². The molecule has 17 heavy (non-hydrogen) atoms. The van der Waals surface area contributed by atoms with Crippen molar-refractivity contribution in [2.24, 2.45) is 0 Å². The molecule has 2 rings (SSSR count). The summed E-state index contributed by atoms with van der Waals surface area (Å²) in [5.41, 5.74) is 2.48. The zero-order chi connectivity index (χ0) is 12.1. The highest BCUT2D eigenvalue weighted by atomic mass is 79.9. The summed E-state index contributed by atoms with van der Waals surface area (Å²) < 4.78 is 5.71. The number of allylic oxidation sites excluding steroid dienone is 2. The lowest BCUT2D eigenvalue weighted by molar-refractivity contribution is 0.0340. The van der Waals surface area contributed by atoms with Crippen LogP contribution in [0.25, 0.3) is 5.57 Å². The predicted octanol–water partition coefficient (Wildman–Crippen LogP) is 4.20. The van der Waals surface area contributed by atoms with Gasteiger partial charge in [-0.15, -0.1) is 0 Å². The molecule has 1 unspecified atom stereocenters. The van der Waals surface area contributed by atoms with Gasteiger partial charge in [0, 0.05) is 18.9 Å². The standard InChI is InChI=1S/C15H17BrO/c1-17-15(10-11-16)9-5-8-14(12-15)13-6-3-2-4-7-13/h2-9H,10-12H2,1H3. The van der Waals surface area contributed by atoms with E-state index >= 15 is 0 Å². The van der Waals surface area contributed by atoms with Crippen molar-refractivity contribution in [1.82, 2.24) is 0 Å². The zero-order valence-corrected chi connectivity index (χ0v) is 11.6. The van der Waals surface area contributed by atoms with E-state index in [2.05, 4.69) is 58.4 Å². The van der Waals surface area contributed by atoms with Crippen molar-refractivity contribution in [3.63, 3.8) is 0 Å². The van der Waals surface area contributed by atoms with Crippen LogP contribution in [-0.2, 0) is 4.74 Å². The minimum atomic E-state index is -0.149. The Kier molecular flexibility index (Phi) is 4.19. The first-order chi connectivity index (χ1) is 8.29. The van der Waals surface area contributed by atoms with Crippen molar-refractivity contribution >= 4 is 21.5 Å². The highest BCUT2D eigenvalue weighted by Gasteiger charge is 2.29. The molecule has 0 saturated carbocycles. The van der Waals surface area contributed by atoms with Gasteiger partial charge in [-0.1, -0.05) is 64.5 Å². The molecular weight excluding hydrogens is 276 g/mol. The predicted molar refractivity (Wildman–Crippen MR) is 76.3 cm³/mol. The summed E-state index contributed by atoms with van der Waals surface area (Å²) in [6.07, 6.45) is 8.39. The van der Waals surface area contributed by atoms with Crippen molar-refractivity contribution in [3.8, 4) is 0 Å². The smallest absolute Gasteiger partial charge is 0.0910 e. The molecule has 1 nitrogen and oxygen atoms in total. The average molecular weight is 293 g/mol. The normalized spacial score (nSPS) is 23.5. The summed E-state index contributed by atoms with van der Waals surface area (Å²) in [6, 6.07) is 10.5. The maximum absolute atomic E-state index is 5.71. The second kappa shape index (κ2) is 5.65. The molecule has 0 aromatic heterocycles. The fourth-order valence-electron chi connectivity index (χ4n) is 2.20. The highest BCUT2D eigenvalue weighted by molar-refractivity contribution is 9.09. The van der Waals surface area contributed by atoms with Crippen LogP contribution in [0.2, 0.25) is 0 Å². The van der Waals surface area contributed by atoms with Gasteiger partial charge in [0.1, 0.15) is 0 Å². The van der Waals surface area contributed by atoms with Gasteiger partial charge in [-0.2, -0.15) is 0 Å². The first-order valence-corrected chi connectivity index (χ1v) is 6.97. The molecule has 0 fully saturated rings. The summed E-state index contributed by atoms with van der Waals surface area (Å²) in [4.78, 5) is 0. The van der Waals surface area contributed by atoms with Crippen LogP contribution in [0.3, 0.4) is 0 Å². The number of halogens is 1. The van der Waals surface area contributed by atoms with Crippen molar-refractivity contribution in [3.05, 3.63) is 54.1 Å². The minimum Gasteiger partial charge on any atom is -0.374 e. The fourth-order valence-corrected chi connectivity index (χ4v) is 2.88. The summed E-state index contributed by atoms with van der Waals surface area (Å²) in [7, 11) is 1.79. The molecule has 2 heteroatoms. The monoisotopic (exact) mass is 292 g/mol. The molecule has 0 amide bonds. The molecule has 1 aliphatic rings. The number of hydrogen-bond acceptors (Lipinski definition) is 1. The maximum Gasteiger partial charge on any atom is 0.0910 e. The number of rotatable bonds is 4. The van der Waals surface area contributed by atoms with E-state index in [0.29, 0.717) is 0 Å². The minimum absolute atomic E-state index is 0.149. The number of benzene rings is 1. The van der Waals surface area contributed by atoms with Gasteiger partial charge >= 0.3 is 0 Å². The molecule has 0 heterocycles. The quantitative estimate of drug-likeness (QED) is 0.756. The first kappa shape index (κ1) is 12.6. The molecule has 1 aromatic rings. The summed E-state index contributed by atoms with van der Waals surface area (Å²) >= 11 is 3.50. The van der Waals surface area contributed by atoms with Crippen molar-refractivity contribution < 1.29 is 4.74 Å². The summed E-state index contributed by atoms with van der Waals surface area (Å²) in [5.74, 6) is 0. The molecule has 1 aliphatic carbocycles. The topological polar surface area (TPSA) is 9.23 Å². The van der Waals surface area contributed by atoms with E-state index in [0.717, 1.165) is 18.2 Å². The lowest BCUT2D eigenvalue weighted by Gasteiger charge is -2.32. The van der Waals surface area contributed by atoms with Crippen LogP contribution in [0.4, 0.5) is 0 Å². The number of ether oxygens (including phenoxy) is 1. The summed E-state index contributed by atoms with van der Waals surface area (Å²) in [5, 5.41) is 0.952. The molecule has 0 bridgehead atoms. The van der Waals surface area contributed by atoms with E-state index in [9.17, 15) is 0 Å². The van der Waals surface area contributed by atoms with Crippen LogP contribution in [0.5, 0.6) is 0 Å². The molecule has 0 aliphatic heterocycles. The maximum atomic E-state index is 5.71. The molecule has 0 radical (unpaired) electrons. The van der Waals surface area contributed by atoms with E-state index in [-0.39, 0.29) is 5.60 Å². The van der Waals surface area contributed by atoms with Gasteiger partial charge in [-0.05, 0) is 17.6 Å². The van der Waals surface area contributed by atoms with Gasteiger partial charge in [0.15, 0.2) is 0 Å². The first-order valence-electron chi connectivity index (χ1n) is 5.84. The summed E-state index contributed by atoms with van der Waals surface area (Å²) in [6.45, 7) is 0. The average Bonchev–Trinajstić information content (AvgIpc) is 2.40. The Morgan fingerprint density at radius 3 is 2.71 bits per heavy atom. The van der Waals surface area contributed by atoms with Gasteiger partial charge in [0.2, 0.25) is 0 Å². The second-order valence-electron chi connectivity index (χ2n) is 4.30. The Morgan fingerprint density at radius 2 is 2.06 bits per heavy atom. The van der Waals surface area contributed by atoms with Crippen LogP contribution in [0.1, 0.15) is 18.4 Å². The molecule has 0 saturated heterocycles. The number of methoxy groups -OCH3 is 1. The van der Waals surface area contributed by atoms with Crippen LogP contribution in [0, 0.1) is 0 Å². The Morgan fingerprint density at radius 1 is 1.29 bits per heavy atom. The second-order valence-corrected chi connectivity index (χ2v) is 5.09. The molecule has 0 N–H and O–H groups in total. The van der Waals surface area contributed by atoms with E-state index < -0.39 is 0 Å². The van der Waals surface area contributed by atoms with E-state index in [1.165, 1.54) is 11.1 Å². The Hall–Kier alpha value is -0.860. The van der Waals surface area contributed by atoms with Crippen LogP contribution in [-0.4, -0.2) is 18.0 Å². The largest absolute Gasteiger partial charge is 0.374 e. The van der Waals surface area contributed by atoms with E-state index in [1.54, 1.807) is 7.11 Å². The fraction of sp³-hybridized carbons (Fsp3) is 0.333. The van der Waals surface area contributed by atoms with Gasteiger partial charge in [-0.25, -0.2) is 0 Å². The van der Waals surface area contributed by atoms with E-state index in [1.807, 2.05) is 6.07 Å². The van der Waals surface area contributed by atoms with Crippen LogP contribution in [0.15, 0.2) is 48.6 Å². The van der Waals surface area contributed by atoms with Crippen molar-refractivity contribution in [2.45, 2.75) is 18.4 Å². The molecular formula is C15H17BrO. The Bertz CT molecular complexity index is 422. The van der Waals surface area contributed by atoms with Crippen LogP contribution >= 0.6 is 15.9 Å². The molecule has 90 valence electrons. The van der Waals surface area contributed by atoms with Gasteiger partial charge in [0.25, 0.3) is 0 Å². The SMILES string of the molecule is COC1(CCBr)C=CC=C(c2ccccc2)C1. The van der Waals surface area contributed by atoms with Crippen LogP contribution < -0.4 is 0 Å². The number of hydrogen-bond donors (Lipinski definition) is 0. The molecule has 1 atom stereocenters. The zero-order valence-electron chi connectivity index (χ0n) is 10.0. The lowest BCUT2D eigenvalue weighted by atomic mass is 9.84. The number of alkyl halides is 1. The van der Waals surface area contributed by atoms with Crippen molar-refractivity contribution in [2.75, 3.05) is 12.4 Å². The van der Waals surface area contributed by atoms with Gasteiger partial charge in [0.05, 0.1) is 5.60 Å². The Balaban J connectivity index is 2.23. The van der Waals surface area contributed by atoms with Gasteiger partial charge < -0.3 is 4.74 Å². The van der Waals surface area contributed by atoms with Crippen molar-refractivity contribution in [1.29, 1.82) is 0 Å².